The van der Waals surface area contributed by atoms with Gasteiger partial charge in [0.2, 0.25) is 11.8 Å². The van der Waals surface area contributed by atoms with E-state index < -0.39 is 0 Å². The second-order valence-corrected chi connectivity index (χ2v) is 6.64. The molecule has 0 spiro atoms. The first-order valence-corrected chi connectivity index (χ1v) is 8.59. The van der Waals surface area contributed by atoms with Crippen molar-refractivity contribution >= 4 is 17.5 Å². The largest absolute Gasteiger partial charge is 0.393 e. The number of hydrogen-bond donors (Lipinski definition) is 2. The van der Waals surface area contributed by atoms with E-state index in [-0.39, 0.29) is 36.2 Å². The van der Waals surface area contributed by atoms with Gasteiger partial charge in [-0.25, -0.2) is 4.39 Å². The summed E-state index contributed by atoms with van der Waals surface area (Å²) in [6.45, 7) is 0.304. The Bertz CT molecular complexity index is 627. The van der Waals surface area contributed by atoms with Crippen molar-refractivity contribution in [1.29, 1.82) is 0 Å². The number of halogens is 1. The van der Waals surface area contributed by atoms with Crippen LogP contribution in [0, 0.1) is 5.82 Å². The fraction of sp³-hybridized carbons (Fsp3) is 0.556. The number of nitrogens with one attached hydrogen (secondary N) is 1. The molecule has 1 aromatic carbocycles. The molecule has 0 saturated heterocycles. The van der Waals surface area contributed by atoms with E-state index in [2.05, 4.69) is 5.32 Å². The standard InChI is InChI=1S/C18H23FN2O3/c19-13-2-7-16-12(11-13)1-8-18(24)21(16)10-9-17(23)20-14-3-5-15(22)6-4-14/h2,7,11,14-15,22H,1,3-6,8-10H2,(H,20,23). The van der Waals surface area contributed by atoms with Gasteiger partial charge in [-0.1, -0.05) is 0 Å². The molecule has 0 aromatic heterocycles. The molecule has 2 N–H and O–H groups in total. The SMILES string of the molecule is O=C(CCN1C(=O)CCc2cc(F)ccc21)NC1CCC(O)CC1. The molecule has 1 aliphatic heterocycles. The Hall–Kier alpha value is -1.95. The summed E-state index contributed by atoms with van der Waals surface area (Å²) < 4.78 is 13.3. The molecule has 0 unspecified atom stereocenters. The maximum atomic E-state index is 13.3. The van der Waals surface area contributed by atoms with E-state index in [1.165, 1.54) is 12.1 Å². The number of aryl methyl sites for hydroxylation is 1. The quantitative estimate of drug-likeness (QED) is 0.884. The molecule has 2 amide bonds. The van der Waals surface area contributed by atoms with E-state index in [0.29, 0.717) is 37.9 Å². The number of carbonyl (C=O) groups is 2. The second-order valence-electron chi connectivity index (χ2n) is 6.64. The van der Waals surface area contributed by atoms with E-state index in [1.54, 1.807) is 11.0 Å². The average Bonchev–Trinajstić information content (AvgIpc) is 2.56. The highest BCUT2D eigenvalue weighted by Gasteiger charge is 2.26. The first kappa shape index (κ1) is 16.9. The highest BCUT2D eigenvalue weighted by molar-refractivity contribution is 5.97. The highest BCUT2D eigenvalue weighted by atomic mass is 19.1. The van der Waals surface area contributed by atoms with Gasteiger partial charge in [-0.15, -0.1) is 0 Å². The van der Waals surface area contributed by atoms with Crippen molar-refractivity contribution in [3.8, 4) is 0 Å². The molecule has 1 aromatic rings. The molecule has 1 saturated carbocycles. The number of amides is 2. The van der Waals surface area contributed by atoms with Crippen molar-refractivity contribution < 1.29 is 19.1 Å². The third-order valence-corrected chi connectivity index (χ3v) is 4.87. The smallest absolute Gasteiger partial charge is 0.227 e. The second kappa shape index (κ2) is 7.30. The van der Waals surface area contributed by atoms with E-state index in [9.17, 15) is 19.1 Å². The van der Waals surface area contributed by atoms with Gasteiger partial charge in [0.15, 0.2) is 0 Å². The van der Waals surface area contributed by atoms with E-state index in [1.807, 2.05) is 0 Å². The number of carbonyl (C=O) groups excluding carboxylic acids is 2. The van der Waals surface area contributed by atoms with Crippen LogP contribution in [0.2, 0.25) is 0 Å². The third-order valence-electron chi connectivity index (χ3n) is 4.87. The van der Waals surface area contributed by atoms with Crippen LogP contribution in [0.4, 0.5) is 10.1 Å². The minimum absolute atomic E-state index is 0.0253. The molecule has 6 heteroatoms. The monoisotopic (exact) mass is 334 g/mol. The lowest BCUT2D eigenvalue weighted by atomic mass is 9.93. The molecule has 2 aliphatic rings. The molecule has 1 aliphatic carbocycles. The molecular weight excluding hydrogens is 311 g/mol. The molecule has 1 fully saturated rings. The Labute approximate surface area is 140 Å². The number of rotatable bonds is 4. The molecule has 0 bridgehead atoms. The van der Waals surface area contributed by atoms with Gasteiger partial charge < -0.3 is 15.3 Å². The number of anilines is 1. The van der Waals surface area contributed by atoms with Crippen LogP contribution in [0.1, 0.15) is 44.1 Å². The van der Waals surface area contributed by atoms with Gasteiger partial charge in [0.1, 0.15) is 5.82 Å². The normalized spacial score (nSPS) is 23.8. The number of benzene rings is 1. The lowest BCUT2D eigenvalue weighted by Crippen LogP contribution is -2.42. The van der Waals surface area contributed by atoms with Crippen LogP contribution in [-0.4, -0.2) is 35.6 Å². The zero-order chi connectivity index (χ0) is 17.1. The van der Waals surface area contributed by atoms with Gasteiger partial charge in [0.05, 0.1) is 6.10 Å². The van der Waals surface area contributed by atoms with Crippen molar-refractivity contribution in [2.24, 2.45) is 0 Å². The van der Waals surface area contributed by atoms with Crippen molar-refractivity contribution in [1.82, 2.24) is 5.32 Å². The molecular formula is C18H23FN2O3. The first-order valence-electron chi connectivity index (χ1n) is 8.59. The molecule has 1 heterocycles. The number of aliphatic hydroxyl groups excluding tert-OH is 1. The summed E-state index contributed by atoms with van der Waals surface area (Å²) >= 11 is 0. The van der Waals surface area contributed by atoms with E-state index >= 15 is 0 Å². The summed E-state index contributed by atoms with van der Waals surface area (Å²) in [4.78, 5) is 25.9. The van der Waals surface area contributed by atoms with Gasteiger partial charge in [0.25, 0.3) is 0 Å². The molecule has 0 atom stereocenters. The zero-order valence-corrected chi connectivity index (χ0v) is 13.6. The topological polar surface area (TPSA) is 69.6 Å². The highest BCUT2D eigenvalue weighted by Crippen LogP contribution is 2.28. The van der Waals surface area contributed by atoms with Crippen LogP contribution < -0.4 is 10.2 Å². The number of hydrogen-bond acceptors (Lipinski definition) is 3. The van der Waals surface area contributed by atoms with Crippen molar-refractivity contribution in [3.05, 3.63) is 29.6 Å². The summed E-state index contributed by atoms with van der Waals surface area (Å²) in [5.74, 6) is -0.415. The van der Waals surface area contributed by atoms with Crippen LogP contribution in [0.5, 0.6) is 0 Å². The summed E-state index contributed by atoms with van der Waals surface area (Å²) in [7, 11) is 0. The van der Waals surface area contributed by atoms with Crippen LogP contribution in [-0.2, 0) is 16.0 Å². The van der Waals surface area contributed by atoms with E-state index in [0.717, 1.165) is 18.4 Å². The Morgan fingerprint density at radius 1 is 1.25 bits per heavy atom. The van der Waals surface area contributed by atoms with Gasteiger partial charge >= 0.3 is 0 Å². The lowest BCUT2D eigenvalue weighted by Gasteiger charge is -2.30. The first-order chi connectivity index (χ1) is 11.5. The van der Waals surface area contributed by atoms with Gasteiger partial charge in [0, 0.05) is 31.1 Å². The third kappa shape index (κ3) is 3.93. The maximum absolute atomic E-state index is 13.3. The summed E-state index contributed by atoms with van der Waals surface area (Å²) in [6, 6.07) is 4.53. The fourth-order valence-electron chi connectivity index (χ4n) is 3.51. The minimum atomic E-state index is -0.305. The van der Waals surface area contributed by atoms with Crippen molar-refractivity contribution in [2.45, 2.75) is 57.1 Å². The Balaban J connectivity index is 1.56. The Morgan fingerprint density at radius 3 is 2.75 bits per heavy atom. The molecule has 3 rings (SSSR count). The van der Waals surface area contributed by atoms with Crippen molar-refractivity contribution in [3.63, 3.8) is 0 Å². The number of nitrogens with zero attached hydrogens (tertiary/aromatic N) is 1. The lowest BCUT2D eigenvalue weighted by molar-refractivity contribution is -0.122. The number of fused-ring (bicyclic) bond motifs is 1. The summed E-state index contributed by atoms with van der Waals surface area (Å²) in [6.07, 6.45) is 3.87. The van der Waals surface area contributed by atoms with Gasteiger partial charge in [-0.3, -0.25) is 9.59 Å². The fourth-order valence-corrected chi connectivity index (χ4v) is 3.51. The van der Waals surface area contributed by atoms with Gasteiger partial charge in [-0.05, 0) is 55.9 Å². The number of aliphatic hydroxyl groups is 1. The summed E-state index contributed by atoms with van der Waals surface area (Å²) in [5.41, 5.74) is 1.53. The van der Waals surface area contributed by atoms with Gasteiger partial charge in [-0.2, -0.15) is 0 Å². The zero-order valence-electron chi connectivity index (χ0n) is 13.6. The predicted octanol–water partition coefficient (Wildman–Crippen LogP) is 1.91. The molecule has 130 valence electrons. The van der Waals surface area contributed by atoms with Crippen LogP contribution >= 0.6 is 0 Å². The van der Waals surface area contributed by atoms with E-state index in [4.69, 9.17) is 0 Å². The summed E-state index contributed by atoms with van der Waals surface area (Å²) in [5, 5.41) is 12.5. The van der Waals surface area contributed by atoms with Crippen LogP contribution in [0.25, 0.3) is 0 Å². The van der Waals surface area contributed by atoms with Crippen LogP contribution in [0.3, 0.4) is 0 Å². The predicted molar refractivity (Wildman–Crippen MR) is 88.1 cm³/mol. The minimum Gasteiger partial charge on any atom is -0.393 e. The average molecular weight is 334 g/mol. The van der Waals surface area contributed by atoms with Crippen molar-refractivity contribution in [2.75, 3.05) is 11.4 Å². The Kier molecular flexibility index (Phi) is 5.14. The Morgan fingerprint density at radius 2 is 2.00 bits per heavy atom. The molecule has 24 heavy (non-hydrogen) atoms. The maximum Gasteiger partial charge on any atom is 0.227 e. The molecule has 5 nitrogen and oxygen atoms in total. The van der Waals surface area contributed by atoms with Crippen LogP contribution in [0.15, 0.2) is 18.2 Å². The molecule has 0 radical (unpaired) electrons.